The molecule has 150 valence electrons. The molecule has 0 radical (unpaired) electrons. The lowest BCUT2D eigenvalue weighted by molar-refractivity contribution is -0.116. The van der Waals surface area contributed by atoms with Gasteiger partial charge >= 0.3 is 6.09 Å². The Balaban J connectivity index is 1.75. The average molecular weight is 416 g/mol. The molecule has 1 N–H and O–H groups in total. The summed E-state index contributed by atoms with van der Waals surface area (Å²) in [5, 5.41) is 3.77. The number of carbonyl (C=O) groups is 2. The number of nitrogens with one attached hydrogen (secondary N) is 1. The summed E-state index contributed by atoms with van der Waals surface area (Å²) in [6.45, 7) is 7.94. The third-order valence-corrected chi connectivity index (χ3v) is 4.81. The zero-order valence-electron chi connectivity index (χ0n) is 15.8. The minimum absolute atomic E-state index is 0.114. The Kier molecular flexibility index (Phi) is 8.67. The highest BCUT2D eigenvalue weighted by Crippen LogP contribution is 2.25. The SMILES string of the molecule is CC(C)COC(=O)N1CCCN(CCC(=O)Nc2cc(Cl)ccc2Cl)CC1. The maximum Gasteiger partial charge on any atom is 0.409 e. The first kappa shape index (κ1) is 21.8. The maximum atomic E-state index is 12.2. The fourth-order valence-corrected chi connectivity index (χ4v) is 3.11. The Morgan fingerprint density at radius 3 is 2.70 bits per heavy atom. The lowest BCUT2D eigenvalue weighted by Crippen LogP contribution is -2.36. The van der Waals surface area contributed by atoms with E-state index < -0.39 is 0 Å². The van der Waals surface area contributed by atoms with Crippen LogP contribution >= 0.6 is 23.2 Å². The van der Waals surface area contributed by atoms with Crippen LogP contribution in [-0.2, 0) is 9.53 Å². The molecule has 1 aliphatic heterocycles. The second-order valence-electron chi connectivity index (χ2n) is 7.08. The van der Waals surface area contributed by atoms with Crippen LogP contribution in [0.3, 0.4) is 0 Å². The Bertz CT molecular complexity index is 655. The highest BCUT2D eigenvalue weighted by Gasteiger charge is 2.20. The van der Waals surface area contributed by atoms with E-state index in [0.29, 0.717) is 54.3 Å². The summed E-state index contributed by atoms with van der Waals surface area (Å²) in [7, 11) is 0. The zero-order chi connectivity index (χ0) is 19.8. The largest absolute Gasteiger partial charge is 0.449 e. The van der Waals surface area contributed by atoms with E-state index in [1.807, 2.05) is 13.8 Å². The molecule has 1 heterocycles. The maximum absolute atomic E-state index is 12.2. The van der Waals surface area contributed by atoms with Gasteiger partial charge in [-0.1, -0.05) is 37.0 Å². The minimum Gasteiger partial charge on any atom is -0.449 e. The second-order valence-corrected chi connectivity index (χ2v) is 7.92. The molecule has 0 unspecified atom stereocenters. The van der Waals surface area contributed by atoms with Gasteiger partial charge in [0.25, 0.3) is 0 Å². The lowest BCUT2D eigenvalue weighted by atomic mass is 10.2. The third kappa shape index (κ3) is 7.56. The van der Waals surface area contributed by atoms with Crippen molar-refractivity contribution in [2.24, 2.45) is 5.92 Å². The molecule has 0 aliphatic carbocycles. The van der Waals surface area contributed by atoms with Crippen LogP contribution in [0.4, 0.5) is 10.5 Å². The number of hydrogen-bond acceptors (Lipinski definition) is 4. The smallest absolute Gasteiger partial charge is 0.409 e. The molecule has 2 rings (SSSR count). The Morgan fingerprint density at radius 2 is 1.96 bits per heavy atom. The molecule has 27 heavy (non-hydrogen) atoms. The van der Waals surface area contributed by atoms with Gasteiger partial charge in [0.2, 0.25) is 5.91 Å². The molecule has 0 saturated carbocycles. The van der Waals surface area contributed by atoms with Crippen molar-refractivity contribution in [3.63, 3.8) is 0 Å². The van der Waals surface area contributed by atoms with Gasteiger partial charge in [-0.25, -0.2) is 4.79 Å². The van der Waals surface area contributed by atoms with E-state index >= 15 is 0 Å². The molecule has 2 amide bonds. The number of nitrogens with zero attached hydrogens (tertiary/aromatic N) is 2. The van der Waals surface area contributed by atoms with Crippen molar-refractivity contribution in [2.75, 3.05) is 44.6 Å². The highest BCUT2D eigenvalue weighted by atomic mass is 35.5. The van der Waals surface area contributed by atoms with Gasteiger partial charge in [0, 0.05) is 37.6 Å². The van der Waals surface area contributed by atoms with E-state index in [2.05, 4.69) is 10.2 Å². The molecule has 0 spiro atoms. The molecular formula is C19H27Cl2N3O3. The average Bonchev–Trinajstić information content (AvgIpc) is 2.86. The summed E-state index contributed by atoms with van der Waals surface area (Å²) >= 11 is 12.0. The molecule has 1 aliphatic rings. The van der Waals surface area contributed by atoms with Gasteiger partial charge in [-0.15, -0.1) is 0 Å². The quantitative estimate of drug-likeness (QED) is 0.758. The summed E-state index contributed by atoms with van der Waals surface area (Å²) in [4.78, 5) is 28.2. The van der Waals surface area contributed by atoms with Gasteiger partial charge in [-0.3, -0.25) is 4.79 Å². The molecule has 0 bridgehead atoms. The number of ether oxygens (including phenoxy) is 1. The lowest BCUT2D eigenvalue weighted by Gasteiger charge is -2.22. The number of benzene rings is 1. The summed E-state index contributed by atoms with van der Waals surface area (Å²) in [5.41, 5.74) is 0.518. The molecular weight excluding hydrogens is 389 g/mol. The first-order chi connectivity index (χ1) is 12.8. The first-order valence-electron chi connectivity index (χ1n) is 9.24. The topological polar surface area (TPSA) is 61.9 Å². The number of hydrogen-bond donors (Lipinski definition) is 1. The fourth-order valence-electron chi connectivity index (χ4n) is 2.77. The summed E-state index contributed by atoms with van der Waals surface area (Å²) < 4.78 is 5.30. The second kappa shape index (κ2) is 10.7. The van der Waals surface area contributed by atoms with Crippen LogP contribution in [0.25, 0.3) is 0 Å². The van der Waals surface area contributed by atoms with Gasteiger partial charge in [0.05, 0.1) is 17.3 Å². The third-order valence-electron chi connectivity index (χ3n) is 4.24. The van der Waals surface area contributed by atoms with Crippen LogP contribution in [0.5, 0.6) is 0 Å². The van der Waals surface area contributed by atoms with Crippen LogP contribution < -0.4 is 5.32 Å². The van der Waals surface area contributed by atoms with Crippen LogP contribution in [0.1, 0.15) is 26.7 Å². The summed E-state index contributed by atoms with van der Waals surface area (Å²) in [6, 6.07) is 4.96. The number of anilines is 1. The Morgan fingerprint density at radius 1 is 1.19 bits per heavy atom. The van der Waals surface area contributed by atoms with Crippen molar-refractivity contribution in [1.29, 1.82) is 0 Å². The predicted octanol–water partition coefficient (Wildman–Crippen LogP) is 4.12. The van der Waals surface area contributed by atoms with E-state index in [1.165, 1.54) is 0 Å². The van der Waals surface area contributed by atoms with Gasteiger partial charge < -0.3 is 19.9 Å². The van der Waals surface area contributed by atoms with E-state index in [9.17, 15) is 9.59 Å². The molecule has 1 fully saturated rings. The number of halogens is 2. The number of amides is 2. The minimum atomic E-state index is -0.251. The van der Waals surface area contributed by atoms with Gasteiger partial charge in [0.1, 0.15) is 0 Å². The normalized spacial score (nSPS) is 15.5. The Hall–Kier alpha value is -1.50. The molecule has 1 saturated heterocycles. The molecule has 1 aromatic carbocycles. The standard InChI is InChI=1S/C19H27Cl2N3O3/c1-14(2)13-27-19(26)24-8-3-7-23(10-11-24)9-6-18(25)22-17-12-15(20)4-5-16(17)21/h4-5,12,14H,3,6-11,13H2,1-2H3,(H,22,25). The van der Waals surface area contributed by atoms with Crippen molar-refractivity contribution >= 4 is 40.9 Å². The molecule has 0 aromatic heterocycles. The van der Waals surface area contributed by atoms with E-state index in [-0.39, 0.29) is 12.0 Å². The van der Waals surface area contributed by atoms with E-state index in [4.69, 9.17) is 27.9 Å². The zero-order valence-corrected chi connectivity index (χ0v) is 17.4. The first-order valence-corrected chi connectivity index (χ1v) is 9.99. The molecule has 6 nitrogen and oxygen atoms in total. The van der Waals surface area contributed by atoms with Crippen LogP contribution in [0, 0.1) is 5.92 Å². The van der Waals surface area contributed by atoms with Crippen molar-refractivity contribution in [3.05, 3.63) is 28.2 Å². The van der Waals surface area contributed by atoms with Crippen molar-refractivity contribution in [3.8, 4) is 0 Å². The Labute approximate surface area is 170 Å². The van der Waals surface area contributed by atoms with Crippen molar-refractivity contribution < 1.29 is 14.3 Å². The molecule has 1 aromatic rings. The van der Waals surface area contributed by atoms with Crippen LogP contribution in [0.2, 0.25) is 10.0 Å². The summed E-state index contributed by atoms with van der Waals surface area (Å²) in [6.07, 6.45) is 0.956. The summed E-state index contributed by atoms with van der Waals surface area (Å²) in [5.74, 6) is 0.209. The highest BCUT2D eigenvalue weighted by molar-refractivity contribution is 6.35. The van der Waals surface area contributed by atoms with Gasteiger partial charge in [-0.05, 0) is 37.1 Å². The fraction of sp³-hybridized carbons (Fsp3) is 0.579. The van der Waals surface area contributed by atoms with Crippen molar-refractivity contribution in [2.45, 2.75) is 26.7 Å². The number of rotatable bonds is 6. The van der Waals surface area contributed by atoms with Crippen LogP contribution in [-0.4, -0.2) is 61.1 Å². The van der Waals surface area contributed by atoms with E-state index in [0.717, 1.165) is 19.5 Å². The predicted molar refractivity (Wildman–Crippen MR) is 109 cm³/mol. The monoisotopic (exact) mass is 415 g/mol. The van der Waals surface area contributed by atoms with Crippen molar-refractivity contribution in [1.82, 2.24) is 9.80 Å². The number of carbonyl (C=O) groups excluding carboxylic acids is 2. The molecule has 0 atom stereocenters. The van der Waals surface area contributed by atoms with E-state index in [1.54, 1.807) is 23.1 Å². The van der Waals surface area contributed by atoms with Gasteiger partial charge in [-0.2, -0.15) is 0 Å². The van der Waals surface area contributed by atoms with Gasteiger partial charge in [0.15, 0.2) is 0 Å². The molecule has 8 heteroatoms. The van der Waals surface area contributed by atoms with Crippen LogP contribution in [0.15, 0.2) is 18.2 Å².